The molecule has 1 atom stereocenters. The van der Waals surface area contributed by atoms with E-state index in [0.717, 1.165) is 25.5 Å². The van der Waals surface area contributed by atoms with Gasteiger partial charge in [-0.15, -0.1) is 0 Å². The molecule has 7 nitrogen and oxygen atoms in total. The number of nitrogens with zero attached hydrogens (tertiary/aromatic N) is 2. The van der Waals surface area contributed by atoms with E-state index in [2.05, 4.69) is 21.2 Å². The van der Waals surface area contributed by atoms with Crippen molar-refractivity contribution in [3.8, 4) is 0 Å². The van der Waals surface area contributed by atoms with Gasteiger partial charge in [0.15, 0.2) is 0 Å². The predicted molar refractivity (Wildman–Crippen MR) is 145 cm³/mol. The summed E-state index contributed by atoms with van der Waals surface area (Å²) in [5.41, 5.74) is 2.91. The van der Waals surface area contributed by atoms with Gasteiger partial charge in [-0.3, -0.25) is 13.9 Å². The maximum Gasteiger partial charge on any atom is 0.264 e. The molecule has 0 aliphatic heterocycles. The molecule has 0 aliphatic rings. The molecule has 0 spiro atoms. The van der Waals surface area contributed by atoms with Crippen molar-refractivity contribution in [3.63, 3.8) is 0 Å². The lowest BCUT2D eigenvalue weighted by molar-refractivity contribution is -0.139. The highest BCUT2D eigenvalue weighted by Crippen LogP contribution is 2.28. The number of sulfonamides is 1. The average molecular weight is 573 g/mol. The summed E-state index contributed by atoms with van der Waals surface area (Å²) in [6, 6.07) is 20.0. The molecule has 0 heterocycles. The first-order chi connectivity index (χ1) is 17.0. The first-order valence-electron chi connectivity index (χ1n) is 11.4. The van der Waals surface area contributed by atoms with Crippen LogP contribution in [0.2, 0.25) is 0 Å². The first-order valence-corrected chi connectivity index (χ1v) is 13.7. The van der Waals surface area contributed by atoms with E-state index in [1.807, 2.05) is 50.2 Å². The molecule has 0 saturated carbocycles. The Kier molecular flexibility index (Phi) is 8.92. The fourth-order valence-corrected chi connectivity index (χ4v) is 5.89. The number of carbonyl (C=O) groups excluding carboxylic acids is 2. The number of hydrogen-bond acceptors (Lipinski definition) is 4. The first kappa shape index (κ1) is 27.4. The van der Waals surface area contributed by atoms with Crippen LogP contribution in [-0.2, 0) is 26.2 Å². The van der Waals surface area contributed by atoms with Crippen molar-refractivity contribution in [2.24, 2.45) is 0 Å². The maximum absolute atomic E-state index is 13.8. The van der Waals surface area contributed by atoms with Gasteiger partial charge in [0.25, 0.3) is 10.0 Å². The summed E-state index contributed by atoms with van der Waals surface area (Å²) in [5, 5.41) is 2.58. The van der Waals surface area contributed by atoms with Crippen LogP contribution in [0.4, 0.5) is 5.69 Å². The van der Waals surface area contributed by atoms with Crippen LogP contribution >= 0.6 is 15.9 Å². The van der Waals surface area contributed by atoms with Crippen LogP contribution in [0.1, 0.15) is 23.6 Å². The molecule has 3 aromatic carbocycles. The molecule has 0 aliphatic carbocycles. The number of rotatable bonds is 9. The summed E-state index contributed by atoms with van der Waals surface area (Å²) >= 11 is 3.44. The highest BCUT2D eigenvalue weighted by atomic mass is 79.9. The molecule has 0 bridgehead atoms. The van der Waals surface area contributed by atoms with Crippen molar-refractivity contribution in [2.45, 2.75) is 38.3 Å². The van der Waals surface area contributed by atoms with Crippen molar-refractivity contribution in [3.05, 3.63) is 94.0 Å². The minimum atomic E-state index is -4.07. The van der Waals surface area contributed by atoms with Gasteiger partial charge in [0.05, 0.1) is 10.6 Å². The van der Waals surface area contributed by atoms with Gasteiger partial charge in [-0.25, -0.2) is 8.42 Å². The van der Waals surface area contributed by atoms with E-state index in [9.17, 15) is 18.0 Å². The van der Waals surface area contributed by atoms with E-state index in [1.54, 1.807) is 31.2 Å². The standard InChI is InChI=1S/C27H30BrN3O4S/c1-19-13-14-25(20(2)15-19)31(36(34,35)24-11-6-5-7-12-24)18-26(32)30(21(3)27(33)29-4)17-22-9-8-10-23(28)16-22/h5-16,21H,17-18H2,1-4H3,(H,29,33). The summed E-state index contributed by atoms with van der Waals surface area (Å²) in [6.07, 6.45) is 0. The topological polar surface area (TPSA) is 86.8 Å². The summed E-state index contributed by atoms with van der Waals surface area (Å²) in [6.45, 7) is 5.03. The molecule has 190 valence electrons. The number of carbonyl (C=O) groups is 2. The molecular formula is C27H30BrN3O4S. The van der Waals surface area contributed by atoms with Crippen LogP contribution in [0.5, 0.6) is 0 Å². The maximum atomic E-state index is 13.8. The van der Waals surface area contributed by atoms with Gasteiger partial charge in [0.2, 0.25) is 11.8 Å². The zero-order valence-electron chi connectivity index (χ0n) is 20.7. The third kappa shape index (κ3) is 6.33. The lowest BCUT2D eigenvalue weighted by atomic mass is 10.1. The molecule has 9 heteroatoms. The largest absolute Gasteiger partial charge is 0.357 e. The van der Waals surface area contributed by atoms with Gasteiger partial charge in [0, 0.05) is 18.1 Å². The number of amides is 2. The van der Waals surface area contributed by atoms with E-state index in [4.69, 9.17) is 0 Å². The minimum absolute atomic E-state index is 0.0793. The molecule has 0 fully saturated rings. The SMILES string of the molecule is CNC(=O)C(C)N(Cc1cccc(Br)c1)C(=O)CN(c1ccc(C)cc1C)S(=O)(=O)c1ccccc1. The van der Waals surface area contributed by atoms with E-state index in [0.29, 0.717) is 5.69 Å². The van der Waals surface area contributed by atoms with Crippen LogP contribution < -0.4 is 9.62 Å². The second kappa shape index (κ2) is 11.7. The van der Waals surface area contributed by atoms with Crippen molar-refractivity contribution >= 4 is 43.5 Å². The number of anilines is 1. The van der Waals surface area contributed by atoms with Crippen LogP contribution in [0, 0.1) is 13.8 Å². The monoisotopic (exact) mass is 571 g/mol. The Balaban J connectivity index is 2.06. The molecule has 1 N–H and O–H groups in total. The highest BCUT2D eigenvalue weighted by molar-refractivity contribution is 9.10. The molecule has 36 heavy (non-hydrogen) atoms. The fourth-order valence-electron chi connectivity index (χ4n) is 3.94. The number of nitrogens with one attached hydrogen (secondary N) is 1. The van der Waals surface area contributed by atoms with Crippen LogP contribution in [0.15, 0.2) is 82.2 Å². The highest BCUT2D eigenvalue weighted by Gasteiger charge is 2.32. The van der Waals surface area contributed by atoms with Crippen molar-refractivity contribution < 1.29 is 18.0 Å². The van der Waals surface area contributed by atoms with Crippen molar-refractivity contribution in [1.29, 1.82) is 0 Å². The lowest BCUT2D eigenvalue weighted by Gasteiger charge is -2.32. The van der Waals surface area contributed by atoms with E-state index in [1.165, 1.54) is 24.1 Å². The van der Waals surface area contributed by atoms with Gasteiger partial charge in [-0.05, 0) is 62.2 Å². The van der Waals surface area contributed by atoms with Crippen LogP contribution in [-0.4, -0.2) is 44.8 Å². The Morgan fingerprint density at radius 3 is 2.28 bits per heavy atom. The number of benzene rings is 3. The average Bonchev–Trinajstić information content (AvgIpc) is 2.85. The normalized spacial score (nSPS) is 12.0. The molecule has 2 amide bonds. The lowest BCUT2D eigenvalue weighted by Crippen LogP contribution is -2.50. The van der Waals surface area contributed by atoms with Crippen LogP contribution in [0.25, 0.3) is 0 Å². The molecular weight excluding hydrogens is 542 g/mol. The molecule has 0 aromatic heterocycles. The second-order valence-electron chi connectivity index (χ2n) is 8.56. The summed E-state index contributed by atoms with van der Waals surface area (Å²) in [7, 11) is -2.57. The third-order valence-corrected chi connectivity index (χ3v) is 8.15. The molecule has 0 radical (unpaired) electrons. The Hall–Kier alpha value is -3.17. The number of aryl methyl sites for hydroxylation is 2. The Bertz CT molecular complexity index is 1350. The van der Waals surface area contributed by atoms with E-state index >= 15 is 0 Å². The molecule has 1 unspecified atom stereocenters. The van der Waals surface area contributed by atoms with E-state index in [-0.39, 0.29) is 17.3 Å². The van der Waals surface area contributed by atoms with E-state index < -0.39 is 28.5 Å². The Morgan fingerprint density at radius 1 is 0.972 bits per heavy atom. The number of likely N-dealkylation sites (N-methyl/N-ethyl adjacent to an activating group) is 1. The van der Waals surface area contributed by atoms with Gasteiger partial charge in [-0.2, -0.15) is 0 Å². The second-order valence-corrected chi connectivity index (χ2v) is 11.3. The number of hydrogen-bond donors (Lipinski definition) is 1. The smallest absolute Gasteiger partial charge is 0.264 e. The Labute approximate surface area is 221 Å². The summed E-state index contributed by atoms with van der Waals surface area (Å²) < 4.78 is 29.5. The van der Waals surface area contributed by atoms with Gasteiger partial charge in [-0.1, -0.05) is 64.0 Å². The number of halogens is 1. The summed E-state index contributed by atoms with van der Waals surface area (Å²) in [4.78, 5) is 27.8. The van der Waals surface area contributed by atoms with Gasteiger partial charge in [0.1, 0.15) is 12.6 Å². The summed E-state index contributed by atoms with van der Waals surface area (Å²) in [5.74, 6) is -0.840. The fraction of sp³-hybridized carbons (Fsp3) is 0.259. The quantitative estimate of drug-likeness (QED) is 0.411. The van der Waals surface area contributed by atoms with Crippen molar-refractivity contribution in [1.82, 2.24) is 10.2 Å². The third-order valence-electron chi connectivity index (χ3n) is 5.89. The zero-order valence-corrected chi connectivity index (χ0v) is 23.1. The minimum Gasteiger partial charge on any atom is -0.357 e. The van der Waals surface area contributed by atoms with Crippen molar-refractivity contribution in [2.75, 3.05) is 17.9 Å². The van der Waals surface area contributed by atoms with Gasteiger partial charge >= 0.3 is 0 Å². The van der Waals surface area contributed by atoms with Crippen LogP contribution in [0.3, 0.4) is 0 Å². The van der Waals surface area contributed by atoms with Gasteiger partial charge < -0.3 is 10.2 Å². The molecule has 0 saturated heterocycles. The molecule has 3 rings (SSSR count). The Morgan fingerprint density at radius 2 is 1.67 bits per heavy atom. The predicted octanol–water partition coefficient (Wildman–Crippen LogP) is 4.42. The molecule has 3 aromatic rings. The zero-order chi connectivity index (χ0) is 26.5.